The molecule has 6 heteroatoms. The molecule has 0 saturated heterocycles. The van der Waals surface area contributed by atoms with E-state index >= 15 is 0 Å². The predicted octanol–water partition coefficient (Wildman–Crippen LogP) is 14.6. The average molecular weight is 806 g/mol. The number of fused-ring (bicyclic) bond motifs is 9. The maximum Gasteiger partial charge on any atom is 0.164 e. The molecule has 0 bridgehead atoms. The first-order valence-corrected chi connectivity index (χ1v) is 21.2. The molecular weight excluding hydrogens is 771 g/mol. The minimum absolute atomic E-state index is 0.575. The number of furan rings is 1. The van der Waals surface area contributed by atoms with E-state index < -0.39 is 0 Å². The van der Waals surface area contributed by atoms with Crippen molar-refractivity contribution in [1.82, 2.24) is 24.1 Å². The first-order chi connectivity index (χ1) is 31.2. The van der Waals surface area contributed by atoms with Crippen LogP contribution >= 0.6 is 0 Å². The maximum atomic E-state index is 6.46. The second-order valence-electron chi connectivity index (χ2n) is 16.0. The molecule has 0 fully saturated rings. The molecule has 0 aliphatic heterocycles. The van der Waals surface area contributed by atoms with E-state index in [1.165, 1.54) is 38.1 Å². The highest BCUT2D eigenvalue weighted by molar-refractivity contribution is 6.19. The fraction of sp³-hybridized carbons (Fsp3) is 0. The third kappa shape index (κ3) is 5.69. The summed E-state index contributed by atoms with van der Waals surface area (Å²) in [5.74, 6) is 1.77. The first kappa shape index (κ1) is 35.2. The Balaban J connectivity index is 0.975. The van der Waals surface area contributed by atoms with Crippen LogP contribution in [0, 0.1) is 0 Å². The monoisotopic (exact) mass is 805 g/mol. The molecule has 0 amide bonds. The number of aromatic nitrogens is 5. The summed E-state index contributed by atoms with van der Waals surface area (Å²) in [5, 5.41) is 6.92. The SMILES string of the molecule is c1ccc(-c2ccc3oc4cc(-c5nc(-c6ccccc6)nc(-c6cccc(-n7c8ccccc8c8cc9c(cc87)c7ccccc7n9-c7ccccc7)c6)n5)ccc4c3c2)cc1. The van der Waals surface area contributed by atoms with Crippen molar-refractivity contribution in [2.24, 2.45) is 0 Å². The van der Waals surface area contributed by atoms with Crippen molar-refractivity contribution in [3.63, 3.8) is 0 Å². The lowest BCUT2D eigenvalue weighted by Gasteiger charge is -2.12. The lowest BCUT2D eigenvalue weighted by Crippen LogP contribution is -2.01. The van der Waals surface area contributed by atoms with Gasteiger partial charge in [0.1, 0.15) is 11.2 Å². The minimum atomic E-state index is 0.575. The third-order valence-electron chi connectivity index (χ3n) is 12.3. The molecule has 0 radical (unpaired) electrons. The van der Waals surface area contributed by atoms with Crippen LogP contribution in [0.25, 0.3) is 122 Å². The summed E-state index contributed by atoms with van der Waals surface area (Å²) in [5.41, 5.74) is 13.4. The predicted molar refractivity (Wildman–Crippen MR) is 258 cm³/mol. The Bertz CT molecular complexity index is 3900. The van der Waals surface area contributed by atoms with Crippen molar-refractivity contribution >= 4 is 65.6 Å². The average Bonchev–Trinajstić information content (AvgIpc) is 4.00. The molecule has 0 unspecified atom stereocenters. The fourth-order valence-electron chi connectivity index (χ4n) is 9.43. The van der Waals surface area contributed by atoms with E-state index in [9.17, 15) is 0 Å². The number of hydrogen-bond acceptors (Lipinski definition) is 4. The van der Waals surface area contributed by atoms with Crippen LogP contribution in [0.5, 0.6) is 0 Å². The Hall–Kier alpha value is -8.61. The molecule has 0 saturated carbocycles. The van der Waals surface area contributed by atoms with Crippen molar-refractivity contribution in [1.29, 1.82) is 0 Å². The van der Waals surface area contributed by atoms with Gasteiger partial charge in [0.15, 0.2) is 17.5 Å². The van der Waals surface area contributed by atoms with Gasteiger partial charge in [0, 0.05) is 60.4 Å². The lowest BCUT2D eigenvalue weighted by atomic mass is 10.0. The van der Waals surface area contributed by atoms with Gasteiger partial charge in [-0.1, -0.05) is 140 Å². The molecule has 13 aromatic rings. The molecule has 63 heavy (non-hydrogen) atoms. The number of para-hydroxylation sites is 3. The topological polar surface area (TPSA) is 61.7 Å². The van der Waals surface area contributed by atoms with Gasteiger partial charge >= 0.3 is 0 Å². The smallest absolute Gasteiger partial charge is 0.164 e. The van der Waals surface area contributed by atoms with Crippen molar-refractivity contribution in [3.8, 4) is 56.7 Å². The van der Waals surface area contributed by atoms with Crippen LogP contribution in [0.3, 0.4) is 0 Å². The number of nitrogens with zero attached hydrogens (tertiary/aromatic N) is 5. The highest BCUT2D eigenvalue weighted by atomic mass is 16.3. The van der Waals surface area contributed by atoms with Crippen molar-refractivity contribution in [3.05, 3.63) is 212 Å². The summed E-state index contributed by atoms with van der Waals surface area (Å²) in [6.45, 7) is 0. The van der Waals surface area contributed by atoms with Crippen LogP contribution in [0.2, 0.25) is 0 Å². The number of benzene rings is 9. The maximum absolute atomic E-state index is 6.46. The highest BCUT2D eigenvalue weighted by Gasteiger charge is 2.20. The molecule has 0 aliphatic rings. The molecule has 294 valence electrons. The summed E-state index contributed by atoms with van der Waals surface area (Å²) in [4.78, 5) is 15.4. The Morgan fingerprint density at radius 3 is 1.44 bits per heavy atom. The van der Waals surface area contributed by atoms with Crippen LogP contribution < -0.4 is 0 Å². The summed E-state index contributed by atoms with van der Waals surface area (Å²) >= 11 is 0. The van der Waals surface area contributed by atoms with E-state index in [0.29, 0.717) is 17.5 Å². The van der Waals surface area contributed by atoms with E-state index in [1.54, 1.807) is 0 Å². The van der Waals surface area contributed by atoms with E-state index in [0.717, 1.165) is 66.6 Å². The molecule has 6 nitrogen and oxygen atoms in total. The Morgan fingerprint density at radius 1 is 0.270 bits per heavy atom. The summed E-state index contributed by atoms with van der Waals surface area (Å²) in [6.07, 6.45) is 0. The Kier molecular flexibility index (Phi) is 7.80. The molecule has 9 aromatic carbocycles. The molecule has 0 atom stereocenters. The zero-order valence-electron chi connectivity index (χ0n) is 33.9. The van der Waals surface area contributed by atoms with Crippen molar-refractivity contribution < 1.29 is 4.42 Å². The lowest BCUT2D eigenvalue weighted by molar-refractivity contribution is 0.669. The molecule has 0 spiro atoms. The Labute approximate surface area is 361 Å². The highest BCUT2D eigenvalue weighted by Crippen LogP contribution is 2.40. The molecule has 0 aliphatic carbocycles. The van der Waals surface area contributed by atoms with Gasteiger partial charge in [-0.2, -0.15) is 0 Å². The molecule has 4 heterocycles. The standard InChI is InChI=1S/C57H35N5O/c1-4-15-36(16-5-1)38-28-30-53-48(32-38)45-29-27-40(33-54(45)63-53)57-59-55(37-17-6-2-7-18-37)58-56(60-57)39-19-14-22-42(31-39)62-50-26-13-11-24-44(50)47-34-51-46(35-52(47)62)43-23-10-12-25-49(43)61(51)41-20-8-3-9-21-41/h1-35H. The second kappa shape index (κ2) is 14.0. The zero-order valence-corrected chi connectivity index (χ0v) is 33.9. The quantitative estimate of drug-likeness (QED) is 0.168. The number of rotatable bonds is 6. The van der Waals surface area contributed by atoms with E-state index in [2.05, 4.69) is 185 Å². The largest absolute Gasteiger partial charge is 0.456 e. The molecule has 0 N–H and O–H groups in total. The van der Waals surface area contributed by atoms with Gasteiger partial charge in [-0.25, -0.2) is 15.0 Å². The molecular formula is C57H35N5O. The van der Waals surface area contributed by atoms with Crippen molar-refractivity contribution in [2.45, 2.75) is 0 Å². The first-order valence-electron chi connectivity index (χ1n) is 21.2. The van der Waals surface area contributed by atoms with Gasteiger partial charge in [0.2, 0.25) is 0 Å². The van der Waals surface area contributed by atoms with Gasteiger partial charge < -0.3 is 13.6 Å². The van der Waals surface area contributed by atoms with Crippen molar-refractivity contribution in [2.75, 3.05) is 0 Å². The van der Waals surface area contributed by atoms with Gasteiger partial charge in [-0.05, 0) is 83.9 Å². The number of hydrogen-bond donors (Lipinski definition) is 0. The van der Waals surface area contributed by atoms with E-state index in [-0.39, 0.29) is 0 Å². The van der Waals surface area contributed by atoms with Gasteiger partial charge in [-0.15, -0.1) is 0 Å². The third-order valence-corrected chi connectivity index (χ3v) is 12.3. The summed E-state index contributed by atoms with van der Waals surface area (Å²) < 4.78 is 11.2. The van der Waals surface area contributed by atoms with Crippen LogP contribution in [-0.4, -0.2) is 24.1 Å². The molecule has 4 aromatic heterocycles. The zero-order chi connectivity index (χ0) is 41.4. The van der Waals surface area contributed by atoms with Gasteiger partial charge in [0.05, 0.1) is 22.1 Å². The second-order valence-corrected chi connectivity index (χ2v) is 16.0. The summed E-state index contributed by atoms with van der Waals surface area (Å²) in [6, 6.07) is 74.5. The van der Waals surface area contributed by atoms with Crippen LogP contribution in [0.4, 0.5) is 0 Å². The fourth-order valence-corrected chi connectivity index (χ4v) is 9.43. The van der Waals surface area contributed by atoms with Crippen LogP contribution in [-0.2, 0) is 0 Å². The molecule has 13 rings (SSSR count). The van der Waals surface area contributed by atoms with Gasteiger partial charge in [-0.3, -0.25) is 0 Å². The normalized spacial score (nSPS) is 11.8. The Morgan fingerprint density at radius 2 is 0.778 bits per heavy atom. The van der Waals surface area contributed by atoms with E-state index in [1.807, 2.05) is 36.4 Å². The minimum Gasteiger partial charge on any atom is -0.456 e. The van der Waals surface area contributed by atoms with Crippen LogP contribution in [0.1, 0.15) is 0 Å². The van der Waals surface area contributed by atoms with Gasteiger partial charge in [0.25, 0.3) is 0 Å². The summed E-state index contributed by atoms with van der Waals surface area (Å²) in [7, 11) is 0. The van der Waals surface area contributed by atoms with E-state index in [4.69, 9.17) is 19.4 Å². The van der Waals surface area contributed by atoms with Crippen LogP contribution in [0.15, 0.2) is 217 Å².